The Morgan fingerprint density at radius 3 is 2.30 bits per heavy atom. The van der Waals surface area contributed by atoms with Crippen molar-refractivity contribution < 1.29 is 9.53 Å². The summed E-state index contributed by atoms with van der Waals surface area (Å²) >= 11 is 0. The Hall–Kier alpha value is -3.66. The normalized spacial score (nSPS) is 10.8. The summed E-state index contributed by atoms with van der Waals surface area (Å²) in [6, 6.07) is 21.7. The molecular weight excluding hydrogens is 372 g/mol. The molecule has 0 spiro atoms. The van der Waals surface area contributed by atoms with Crippen molar-refractivity contribution in [3.63, 3.8) is 0 Å². The number of amides is 1. The number of rotatable bonds is 4. The molecule has 4 aromatic rings. The molecule has 0 saturated carbocycles. The third-order valence-electron chi connectivity index (χ3n) is 5.24. The van der Waals surface area contributed by atoms with Crippen LogP contribution in [0.1, 0.15) is 27.0 Å². The highest BCUT2D eigenvalue weighted by atomic mass is 16.5. The van der Waals surface area contributed by atoms with Gasteiger partial charge in [-0.25, -0.2) is 4.98 Å². The Kier molecular flexibility index (Phi) is 5.23. The number of benzene rings is 3. The standard InChI is InChI=1S/C26H24N2O2/c1-16-5-8-19(9-6-16)25-15-22(21-13-17(2)7-11-24(21)27-25)26(29)28-23-12-10-20(30-4)14-18(23)3/h5-15H,1-4H3,(H,28,29). The largest absolute Gasteiger partial charge is 0.497 e. The van der Waals surface area contributed by atoms with E-state index in [4.69, 9.17) is 9.72 Å². The molecule has 0 aliphatic heterocycles. The average molecular weight is 396 g/mol. The van der Waals surface area contributed by atoms with Gasteiger partial charge in [0.1, 0.15) is 5.75 Å². The summed E-state index contributed by atoms with van der Waals surface area (Å²) in [4.78, 5) is 18.1. The van der Waals surface area contributed by atoms with E-state index in [-0.39, 0.29) is 5.91 Å². The highest BCUT2D eigenvalue weighted by Gasteiger charge is 2.15. The molecule has 1 N–H and O–H groups in total. The van der Waals surface area contributed by atoms with Gasteiger partial charge in [-0.3, -0.25) is 4.79 Å². The summed E-state index contributed by atoms with van der Waals surface area (Å²) in [5, 5.41) is 3.90. The van der Waals surface area contributed by atoms with Crippen LogP contribution in [0.3, 0.4) is 0 Å². The molecule has 1 heterocycles. The third kappa shape index (κ3) is 3.90. The monoisotopic (exact) mass is 396 g/mol. The summed E-state index contributed by atoms with van der Waals surface area (Å²) in [6.07, 6.45) is 0. The third-order valence-corrected chi connectivity index (χ3v) is 5.24. The lowest BCUT2D eigenvalue weighted by Crippen LogP contribution is -2.14. The number of methoxy groups -OCH3 is 1. The molecule has 0 aliphatic rings. The summed E-state index contributed by atoms with van der Waals surface area (Å²) < 4.78 is 5.26. The Morgan fingerprint density at radius 2 is 1.60 bits per heavy atom. The van der Waals surface area contributed by atoms with Crippen molar-refractivity contribution in [2.45, 2.75) is 20.8 Å². The highest BCUT2D eigenvalue weighted by Crippen LogP contribution is 2.28. The molecule has 0 atom stereocenters. The van der Waals surface area contributed by atoms with Gasteiger partial charge in [0.25, 0.3) is 5.91 Å². The van der Waals surface area contributed by atoms with Crippen molar-refractivity contribution in [2.24, 2.45) is 0 Å². The first-order valence-electron chi connectivity index (χ1n) is 9.89. The summed E-state index contributed by atoms with van der Waals surface area (Å²) in [5.41, 5.74) is 7.14. The predicted molar refractivity (Wildman–Crippen MR) is 122 cm³/mol. The minimum atomic E-state index is -0.158. The fourth-order valence-corrected chi connectivity index (χ4v) is 3.49. The van der Waals surface area contributed by atoms with Gasteiger partial charge in [0.15, 0.2) is 0 Å². The zero-order chi connectivity index (χ0) is 21.3. The van der Waals surface area contributed by atoms with E-state index in [9.17, 15) is 4.79 Å². The first-order valence-corrected chi connectivity index (χ1v) is 9.89. The first kappa shape index (κ1) is 19.6. The molecule has 4 heteroatoms. The smallest absolute Gasteiger partial charge is 0.256 e. The summed E-state index contributed by atoms with van der Waals surface area (Å²) in [5.74, 6) is 0.603. The second-order valence-corrected chi connectivity index (χ2v) is 7.58. The first-order chi connectivity index (χ1) is 14.4. The molecular formula is C26H24N2O2. The molecule has 1 amide bonds. The van der Waals surface area contributed by atoms with E-state index < -0.39 is 0 Å². The number of aromatic nitrogens is 1. The van der Waals surface area contributed by atoms with Gasteiger partial charge < -0.3 is 10.1 Å². The van der Waals surface area contributed by atoms with Crippen LogP contribution in [0.2, 0.25) is 0 Å². The lowest BCUT2D eigenvalue weighted by atomic mass is 10.0. The van der Waals surface area contributed by atoms with Crippen molar-refractivity contribution in [3.8, 4) is 17.0 Å². The topological polar surface area (TPSA) is 51.2 Å². The molecule has 150 valence electrons. The number of hydrogen-bond acceptors (Lipinski definition) is 3. The van der Waals surface area contributed by atoms with Crippen LogP contribution in [0, 0.1) is 20.8 Å². The van der Waals surface area contributed by atoms with Crippen LogP contribution in [0.15, 0.2) is 66.7 Å². The van der Waals surface area contributed by atoms with Crippen LogP contribution in [0.4, 0.5) is 5.69 Å². The number of carbonyl (C=O) groups excluding carboxylic acids is 1. The van der Waals surface area contributed by atoms with Crippen molar-refractivity contribution in [2.75, 3.05) is 12.4 Å². The van der Waals surface area contributed by atoms with Gasteiger partial charge in [0, 0.05) is 16.6 Å². The summed E-state index contributed by atoms with van der Waals surface area (Å²) in [6.45, 7) is 6.02. The fraction of sp³-hybridized carbons (Fsp3) is 0.154. The lowest BCUT2D eigenvalue weighted by molar-refractivity contribution is 0.102. The molecule has 4 rings (SSSR count). The molecule has 0 radical (unpaired) electrons. The number of pyridine rings is 1. The molecule has 3 aromatic carbocycles. The van der Waals surface area contributed by atoms with Gasteiger partial charge >= 0.3 is 0 Å². The Morgan fingerprint density at radius 1 is 0.867 bits per heavy atom. The number of fused-ring (bicyclic) bond motifs is 1. The lowest BCUT2D eigenvalue weighted by Gasteiger charge is -2.13. The molecule has 0 bridgehead atoms. The Labute approximate surface area is 176 Å². The zero-order valence-electron chi connectivity index (χ0n) is 17.6. The number of nitrogens with zero attached hydrogens (tertiary/aromatic N) is 1. The number of aryl methyl sites for hydroxylation is 3. The van der Waals surface area contributed by atoms with Gasteiger partial charge in [-0.05, 0) is 62.7 Å². The minimum Gasteiger partial charge on any atom is -0.497 e. The summed E-state index contributed by atoms with van der Waals surface area (Å²) in [7, 11) is 1.63. The van der Waals surface area contributed by atoms with E-state index in [2.05, 4.69) is 24.4 Å². The van der Waals surface area contributed by atoms with E-state index in [1.54, 1.807) is 7.11 Å². The van der Waals surface area contributed by atoms with Crippen LogP contribution in [0.5, 0.6) is 5.75 Å². The van der Waals surface area contributed by atoms with Gasteiger partial charge in [0.05, 0.1) is 23.9 Å². The molecule has 1 aromatic heterocycles. The molecule has 4 nitrogen and oxygen atoms in total. The molecule has 0 saturated heterocycles. The van der Waals surface area contributed by atoms with Crippen molar-refractivity contribution in [1.82, 2.24) is 4.98 Å². The van der Waals surface area contributed by atoms with E-state index in [1.807, 2.05) is 68.4 Å². The van der Waals surface area contributed by atoms with Gasteiger partial charge in [-0.1, -0.05) is 41.5 Å². The van der Waals surface area contributed by atoms with Crippen molar-refractivity contribution >= 4 is 22.5 Å². The molecule has 0 aliphatic carbocycles. The number of nitrogens with one attached hydrogen (secondary N) is 1. The maximum absolute atomic E-state index is 13.3. The number of hydrogen-bond donors (Lipinski definition) is 1. The van der Waals surface area contributed by atoms with E-state index in [0.29, 0.717) is 5.56 Å². The second kappa shape index (κ2) is 7.99. The van der Waals surface area contributed by atoms with Crippen molar-refractivity contribution in [1.29, 1.82) is 0 Å². The van der Waals surface area contributed by atoms with Gasteiger partial charge in [0.2, 0.25) is 0 Å². The number of anilines is 1. The Balaban J connectivity index is 1.80. The van der Waals surface area contributed by atoms with Crippen LogP contribution in [-0.4, -0.2) is 18.0 Å². The van der Waals surface area contributed by atoms with Gasteiger partial charge in [-0.15, -0.1) is 0 Å². The van der Waals surface area contributed by atoms with E-state index >= 15 is 0 Å². The molecule has 0 unspecified atom stereocenters. The SMILES string of the molecule is COc1ccc(NC(=O)c2cc(-c3ccc(C)cc3)nc3ccc(C)cc23)c(C)c1. The number of carbonyl (C=O) groups is 1. The Bertz CT molecular complexity index is 1240. The predicted octanol–water partition coefficient (Wildman–Crippen LogP) is 6.09. The maximum atomic E-state index is 13.3. The molecule has 0 fully saturated rings. The van der Waals surface area contributed by atoms with Crippen LogP contribution < -0.4 is 10.1 Å². The van der Waals surface area contributed by atoms with Crippen LogP contribution in [-0.2, 0) is 0 Å². The highest BCUT2D eigenvalue weighted by molar-refractivity contribution is 6.13. The van der Waals surface area contributed by atoms with Crippen LogP contribution in [0.25, 0.3) is 22.2 Å². The second-order valence-electron chi connectivity index (χ2n) is 7.58. The minimum absolute atomic E-state index is 0.158. The maximum Gasteiger partial charge on any atom is 0.256 e. The van der Waals surface area contributed by atoms with Crippen LogP contribution >= 0.6 is 0 Å². The zero-order valence-corrected chi connectivity index (χ0v) is 17.6. The van der Waals surface area contributed by atoms with E-state index in [0.717, 1.165) is 44.7 Å². The van der Waals surface area contributed by atoms with Gasteiger partial charge in [-0.2, -0.15) is 0 Å². The fourth-order valence-electron chi connectivity index (χ4n) is 3.49. The average Bonchev–Trinajstić information content (AvgIpc) is 2.75. The van der Waals surface area contributed by atoms with Crippen molar-refractivity contribution in [3.05, 3.63) is 89.0 Å². The molecule has 30 heavy (non-hydrogen) atoms. The quantitative estimate of drug-likeness (QED) is 0.454. The van der Waals surface area contributed by atoms with E-state index in [1.165, 1.54) is 5.56 Å². The number of ether oxygens (including phenoxy) is 1.